The molecule has 7 heavy (non-hydrogen) atoms. The van der Waals surface area contributed by atoms with E-state index in [1.807, 2.05) is 0 Å². The maximum atomic E-state index is 9.08. The number of halogens is 1. The third-order valence-electron chi connectivity index (χ3n) is 0. The summed E-state index contributed by atoms with van der Waals surface area (Å²) in [5.41, 5.74) is 0. The van der Waals surface area contributed by atoms with Crippen molar-refractivity contribution in [3.05, 3.63) is 0 Å². The summed E-state index contributed by atoms with van der Waals surface area (Å²) in [5, 5.41) is 0. The van der Waals surface area contributed by atoms with Crippen LogP contribution < -0.4 is 0 Å². The van der Waals surface area contributed by atoms with Gasteiger partial charge in [0.05, 0.1) is 10.1 Å². The second-order valence-corrected chi connectivity index (χ2v) is 2.11. The van der Waals surface area contributed by atoms with E-state index < -0.39 is 10.1 Å². The molecule has 0 atom stereocenters. The minimum Gasteiger partial charge on any atom is -0.748 e. The van der Waals surface area contributed by atoms with Crippen LogP contribution in [0.15, 0.2) is 0 Å². The second-order valence-electron chi connectivity index (χ2n) is 0.704. The topological polar surface area (TPSA) is 57.2 Å². The molecule has 0 saturated carbocycles. The Kier molecular flexibility index (Phi) is 12.4. The largest absolute Gasteiger partial charge is 3.00 e. The van der Waals surface area contributed by atoms with Crippen LogP contribution in [0, 0.1) is 46.9 Å². The van der Waals surface area contributed by atoms with Gasteiger partial charge in [0.25, 0.3) is 0 Å². The summed E-state index contributed by atoms with van der Waals surface area (Å²) in [6.07, 6.45) is 0.604. The van der Waals surface area contributed by atoms with E-state index in [1.165, 1.54) is 0 Å². The summed E-state index contributed by atoms with van der Waals surface area (Å²) in [5.74, 6) is 0. The van der Waals surface area contributed by atoms with Gasteiger partial charge in [-0.25, -0.2) is 8.42 Å². The van der Waals surface area contributed by atoms with Crippen molar-refractivity contribution in [2.24, 2.45) is 0 Å². The van der Waals surface area contributed by atoms with Crippen LogP contribution in [0.25, 0.3) is 0 Å². The fourth-order valence-electron chi connectivity index (χ4n) is 0. The molecule has 51 valence electrons. The van der Waals surface area contributed by atoms with Gasteiger partial charge in [-0.2, -0.15) is 0 Å². The van der Waals surface area contributed by atoms with Crippen molar-refractivity contribution < 1.29 is 64.6 Å². The summed E-state index contributed by atoms with van der Waals surface area (Å²) in [6, 6.07) is 0. The Balaban J connectivity index is -0.0000000800. The van der Waals surface area contributed by atoms with Crippen LogP contribution in [0.3, 0.4) is 0 Å². The molecular weight excluding hydrogens is 284 g/mol. The van der Waals surface area contributed by atoms with Gasteiger partial charge in [-0.3, -0.25) is 4.70 Å². The molecule has 1 radical (unpaired) electrons. The first-order chi connectivity index (χ1) is 2.00. The van der Waals surface area contributed by atoms with Gasteiger partial charge in [-0.15, -0.1) is 0 Å². The van der Waals surface area contributed by atoms with E-state index in [1.54, 1.807) is 0 Å². The quantitative estimate of drug-likeness (QED) is 0.555. The first-order valence-corrected chi connectivity index (χ1v) is 2.72. The monoisotopic (exact) mass is 289 g/mol. The zero-order chi connectivity index (χ0) is 4.50. The molecule has 0 aliphatic carbocycles. The van der Waals surface area contributed by atoms with Gasteiger partial charge in [-0.05, 0) is 0 Å². The Hall–Kier alpha value is 1.36. The second kappa shape index (κ2) is 5.50. The maximum absolute atomic E-state index is 9.08. The first-order valence-electron chi connectivity index (χ1n) is 0.908. The Morgan fingerprint density at radius 2 is 1.43 bits per heavy atom. The van der Waals surface area contributed by atoms with Crippen LogP contribution in [-0.2, 0) is 10.1 Å². The van der Waals surface area contributed by atoms with Crippen molar-refractivity contribution in [3.8, 4) is 0 Å². The molecule has 0 bridgehead atoms. The molecule has 0 aromatic heterocycles. The summed E-state index contributed by atoms with van der Waals surface area (Å²) in [6.45, 7) is 0. The molecule has 0 aromatic carbocycles. The van der Waals surface area contributed by atoms with Crippen molar-refractivity contribution in [2.75, 3.05) is 6.26 Å². The molecule has 0 aliphatic rings. The van der Waals surface area contributed by atoms with E-state index in [4.69, 9.17) is 13.0 Å². The molecule has 0 fully saturated rings. The van der Waals surface area contributed by atoms with Gasteiger partial charge in [0.2, 0.25) is 0 Å². The van der Waals surface area contributed by atoms with Crippen molar-refractivity contribution in [2.45, 2.75) is 0 Å². The Bertz CT molecular complexity index is 98.1. The molecule has 0 heterocycles. The van der Waals surface area contributed by atoms with E-state index in [9.17, 15) is 0 Å². The predicted molar refractivity (Wildman–Crippen MR) is 18.1 cm³/mol. The third-order valence-corrected chi connectivity index (χ3v) is 0. The van der Waals surface area contributed by atoms with Gasteiger partial charge < -0.3 is 4.55 Å². The molecule has 0 amide bonds. The SMILES string of the molecule is CS(=O)(=O)[O-].F.[Yb+3]. The average Bonchev–Trinajstić information content (AvgIpc) is 0.722. The van der Waals surface area contributed by atoms with E-state index in [2.05, 4.69) is 0 Å². The van der Waals surface area contributed by atoms with Gasteiger partial charge >= 0.3 is 46.9 Å². The minimum absolute atomic E-state index is 0. The molecular formula is CH4FO3SYb+2. The number of hydrogen-bond acceptors (Lipinski definition) is 3. The molecule has 0 N–H and O–H groups in total. The van der Waals surface area contributed by atoms with Crippen molar-refractivity contribution in [1.82, 2.24) is 0 Å². The van der Waals surface area contributed by atoms with Gasteiger partial charge in [-0.1, -0.05) is 0 Å². The normalized spacial score (nSPS) is 8.29. The van der Waals surface area contributed by atoms with E-state index in [0.717, 1.165) is 0 Å². The van der Waals surface area contributed by atoms with E-state index in [-0.39, 0.29) is 51.6 Å². The summed E-state index contributed by atoms with van der Waals surface area (Å²) >= 11 is 0. The van der Waals surface area contributed by atoms with Crippen LogP contribution in [0.2, 0.25) is 0 Å². The van der Waals surface area contributed by atoms with E-state index >= 15 is 0 Å². The molecule has 6 heteroatoms. The predicted octanol–water partition coefficient (Wildman–Crippen LogP) is -0.686. The summed E-state index contributed by atoms with van der Waals surface area (Å²) in [7, 11) is -3.92. The molecule has 0 aliphatic heterocycles. The third kappa shape index (κ3) is 114. The zero-order valence-electron chi connectivity index (χ0n) is 3.31. The first kappa shape index (κ1) is 15.8. The molecule has 0 saturated heterocycles. The fraction of sp³-hybridized carbons (Fsp3) is 1.00. The van der Waals surface area contributed by atoms with Gasteiger partial charge in [0, 0.05) is 6.26 Å². The van der Waals surface area contributed by atoms with Crippen molar-refractivity contribution >= 4 is 10.1 Å². The molecule has 0 rings (SSSR count). The number of rotatable bonds is 0. The van der Waals surface area contributed by atoms with Gasteiger partial charge in [0.1, 0.15) is 0 Å². The summed E-state index contributed by atoms with van der Waals surface area (Å²) in [4.78, 5) is 0. The Morgan fingerprint density at radius 3 is 1.43 bits per heavy atom. The Labute approximate surface area is 79.8 Å². The average molecular weight is 288 g/mol. The zero-order valence-corrected chi connectivity index (χ0v) is 5.84. The molecule has 0 aromatic rings. The smallest absolute Gasteiger partial charge is 0.748 e. The van der Waals surface area contributed by atoms with Gasteiger partial charge in [0.15, 0.2) is 0 Å². The van der Waals surface area contributed by atoms with Crippen LogP contribution in [-0.4, -0.2) is 19.2 Å². The Morgan fingerprint density at radius 1 is 1.43 bits per heavy atom. The van der Waals surface area contributed by atoms with Crippen LogP contribution in [0.1, 0.15) is 0 Å². The fourth-order valence-corrected chi connectivity index (χ4v) is 0. The molecule has 0 spiro atoms. The molecule has 3 nitrogen and oxygen atoms in total. The van der Waals surface area contributed by atoms with E-state index in [0.29, 0.717) is 6.26 Å². The van der Waals surface area contributed by atoms with Crippen LogP contribution in [0.5, 0.6) is 0 Å². The minimum atomic E-state index is -3.92. The molecule has 0 unspecified atom stereocenters. The van der Waals surface area contributed by atoms with Crippen molar-refractivity contribution in [3.63, 3.8) is 0 Å². The summed E-state index contributed by atoms with van der Waals surface area (Å²) < 4.78 is 27.2. The van der Waals surface area contributed by atoms with Crippen LogP contribution in [0.4, 0.5) is 4.70 Å². The van der Waals surface area contributed by atoms with Crippen molar-refractivity contribution in [1.29, 1.82) is 0 Å². The van der Waals surface area contributed by atoms with Crippen LogP contribution >= 0.6 is 0 Å². The maximum Gasteiger partial charge on any atom is 3.00 e. The standard InChI is InChI=1S/CH4O3S.FH.Yb/c1-5(2,3)4;;/h1H3,(H,2,3,4);1H;/q;;+3/p-1. The number of hydrogen-bond donors (Lipinski definition) is 0.